The fraction of sp³-hybridized carbons (Fsp3) is 0.500. The maximum Gasteiger partial charge on any atom is 0.331 e. The van der Waals surface area contributed by atoms with Gasteiger partial charge in [-0.3, -0.25) is 9.36 Å². The molecule has 1 amide bonds. The van der Waals surface area contributed by atoms with Gasteiger partial charge in [-0.15, -0.1) is 0 Å². The summed E-state index contributed by atoms with van der Waals surface area (Å²) in [7, 11) is -3.19. The highest BCUT2D eigenvalue weighted by Crippen LogP contribution is 2.48. The van der Waals surface area contributed by atoms with Gasteiger partial charge in [0, 0.05) is 12.1 Å². The van der Waals surface area contributed by atoms with Gasteiger partial charge in [-0.1, -0.05) is 12.1 Å². The van der Waals surface area contributed by atoms with Crippen molar-refractivity contribution in [2.24, 2.45) is 0 Å². The Morgan fingerprint density at radius 3 is 2.52 bits per heavy atom. The van der Waals surface area contributed by atoms with E-state index in [2.05, 4.69) is 5.32 Å². The highest BCUT2D eigenvalue weighted by molar-refractivity contribution is 7.53. The monoisotopic (exact) mass is 315 g/mol. The van der Waals surface area contributed by atoms with Gasteiger partial charge in [0.15, 0.2) is 0 Å². The summed E-state index contributed by atoms with van der Waals surface area (Å²) in [6.45, 7) is 3.92. The molecule has 0 unspecified atom stereocenters. The molecule has 2 N–H and O–H groups in total. The molecule has 118 valence electrons. The van der Waals surface area contributed by atoms with Gasteiger partial charge in [-0.2, -0.15) is 0 Å². The first-order chi connectivity index (χ1) is 10.0. The van der Waals surface area contributed by atoms with Crippen LogP contribution in [0.15, 0.2) is 24.3 Å². The average molecular weight is 315 g/mol. The minimum absolute atomic E-state index is 0.0419. The molecule has 7 heteroatoms. The number of hydrogen-bond donors (Lipinski definition) is 2. The maximum absolute atomic E-state index is 12.2. The summed E-state index contributed by atoms with van der Waals surface area (Å²) in [5.41, 5.74) is 1.30. The smallest absolute Gasteiger partial charge is 0.331 e. The van der Waals surface area contributed by atoms with Gasteiger partial charge in [0.25, 0.3) is 0 Å². The van der Waals surface area contributed by atoms with Crippen LogP contribution < -0.4 is 5.32 Å². The predicted molar refractivity (Wildman–Crippen MR) is 81.3 cm³/mol. The Kier molecular flexibility index (Phi) is 7.61. The first kappa shape index (κ1) is 17.9. The molecule has 1 aromatic carbocycles. The number of carbonyl (C=O) groups excluding carboxylic acids is 1. The van der Waals surface area contributed by atoms with E-state index < -0.39 is 7.60 Å². The Morgan fingerprint density at radius 2 is 1.95 bits per heavy atom. The van der Waals surface area contributed by atoms with Crippen LogP contribution in [0.3, 0.4) is 0 Å². The molecule has 6 nitrogen and oxygen atoms in total. The van der Waals surface area contributed by atoms with Crippen LogP contribution in [0.5, 0.6) is 0 Å². The second kappa shape index (κ2) is 8.95. The summed E-state index contributed by atoms with van der Waals surface area (Å²) in [6.07, 6.45) is 0.0842. The number of anilines is 1. The minimum Gasteiger partial charge on any atom is -0.392 e. The number of amides is 1. The third-order valence-electron chi connectivity index (χ3n) is 2.66. The van der Waals surface area contributed by atoms with Crippen LogP contribution in [0, 0.1) is 0 Å². The fourth-order valence-corrected chi connectivity index (χ4v) is 3.37. The Morgan fingerprint density at radius 1 is 1.29 bits per heavy atom. The molecule has 0 atom stereocenters. The summed E-state index contributed by atoms with van der Waals surface area (Å²) >= 11 is 0. The van der Waals surface area contributed by atoms with E-state index >= 15 is 0 Å². The molecule has 0 saturated heterocycles. The molecule has 0 heterocycles. The van der Waals surface area contributed by atoms with Crippen molar-refractivity contribution in [1.29, 1.82) is 0 Å². The van der Waals surface area contributed by atoms with Gasteiger partial charge in [0.2, 0.25) is 5.91 Å². The van der Waals surface area contributed by atoms with Gasteiger partial charge in [-0.05, 0) is 31.5 Å². The van der Waals surface area contributed by atoms with E-state index in [4.69, 9.17) is 14.2 Å². The molecule has 0 radical (unpaired) electrons. The van der Waals surface area contributed by atoms with Gasteiger partial charge in [-0.25, -0.2) is 0 Å². The Bertz CT molecular complexity index is 496. The largest absolute Gasteiger partial charge is 0.392 e. The van der Waals surface area contributed by atoms with Crippen LogP contribution in [0.4, 0.5) is 5.69 Å². The van der Waals surface area contributed by atoms with Crippen LogP contribution in [0.25, 0.3) is 0 Å². The number of hydrogen-bond acceptors (Lipinski definition) is 5. The zero-order chi connectivity index (χ0) is 15.7. The number of nitrogens with one attached hydrogen (secondary N) is 1. The van der Waals surface area contributed by atoms with E-state index in [1.54, 1.807) is 38.1 Å². The van der Waals surface area contributed by atoms with Crippen LogP contribution in [-0.4, -0.2) is 30.4 Å². The van der Waals surface area contributed by atoms with E-state index in [9.17, 15) is 9.36 Å². The lowest BCUT2D eigenvalue weighted by Crippen LogP contribution is -2.14. The molecule has 21 heavy (non-hydrogen) atoms. The third-order valence-corrected chi connectivity index (χ3v) is 4.73. The molecule has 1 aromatic rings. The molecule has 0 aliphatic rings. The van der Waals surface area contributed by atoms with Gasteiger partial charge in [0.05, 0.1) is 26.0 Å². The van der Waals surface area contributed by atoms with Crippen LogP contribution >= 0.6 is 7.60 Å². The van der Waals surface area contributed by atoms with Crippen molar-refractivity contribution in [3.05, 3.63) is 29.8 Å². The van der Waals surface area contributed by atoms with Gasteiger partial charge in [0.1, 0.15) is 0 Å². The van der Waals surface area contributed by atoms with E-state index in [0.717, 1.165) is 0 Å². The molecular weight excluding hydrogens is 293 g/mol. The zero-order valence-corrected chi connectivity index (χ0v) is 13.3. The van der Waals surface area contributed by atoms with Crippen molar-refractivity contribution in [3.8, 4) is 0 Å². The summed E-state index contributed by atoms with van der Waals surface area (Å²) in [6, 6.07) is 6.91. The van der Waals surface area contributed by atoms with Crippen molar-refractivity contribution in [1.82, 2.24) is 0 Å². The maximum atomic E-state index is 12.2. The van der Waals surface area contributed by atoms with Crippen molar-refractivity contribution in [2.75, 3.05) is 24.7 Å². The van der Waals surface area contributed by atoms with E-state index in [-0.39, 0.29) is 38.3 Å². The molecule has 0 fully saturated rings. The van der Waals surface area contributed by atoms with Crippen molar-refractivity contribution < 1.29 is 23.5 Å². The van der Waals surface area contributed by atoms with Crippen molar-refractivity contribution in [2.45, 2.75) is 26.9 Å². The fourth-order valence-electron chi connectivity index (χ4n) is 1.77. The minimum atomic E-state index is -3.19. The second-order valence-corrected chi connectivity index (χ2v) is 6.51. The quantitative estimate of drug-likeness (QED) is 0.684. The lowest BCUT2D eigenvalue weighted by Gasteiger charge is -2.16. The predicted octanol–water partition coefficient (Wildman–Crippen LogP) is 2.77. The summed E-state index contributed by atoms with van der Waals surface area (Å²) in [4.78, 5) is 11.9. The van der Waals surface area contributed by atoms with Crippen LogP contribution in [0.2, 0.25) is 0 Å². The van der Waals surface area contributed by atoms with Crippen molar-refractivity contribution >= 4 is 19.2 Å². The number of carbonyl (C=O) groups is 1. The number of aliphatic hydroxyl groups is 1. The lowest BCUT2D eigenvalue weighted by atomic mass is 10.2. The van der Waals surface area contributed by atoms with Crippen LogP contribution in [0.1, 0.15) is 25.8 Å². The number of rotatable bonds is 9. The molecule has 0 bridgehead atoms. The molecule has 0 saturated carbocycles. The van der Waals surface area contributed by atoms with E-state index in [1.807, 2.05) is 0 Å². The number of aliphatic hydroxyl groups excluding tert-OH is 1. The Balaban J connectivity index is 2.54. The average Bonchev–Trinajstić information content (AvgIpc) is 2.46. The Labute approximate surface area is 125 Å². The Hall–Kier alpha value is -1.20. The van der Waals surface area contributed by atoms with E-state index in [1.165, 1.54) is 0 Å². The highest BCUT2D eigenvalue weighted by atomic mass is 31.2. The molecule has 1 rings (SSSR count). The normalized spacial score (nSPS) is 11.4. The molecule has 0 aliphatic carbocycles. The SMILES string of the molecule is CCOP(=O)(CCC(=O)Nc1cccc(CO)c1)OCC. The summed E-state index contributed by atoms with van der Waals surface area (Å²) in [5.74, 6) is -0.273. The zero-order valence-electron chi connectivity index (χ0n) is 12.4. The van der Waals surface area contributed by atoms with Gasteiger partial charge < -0.3 is 19.5 Å². The number of benzene rings is 1. The standard InChI is InChI=1S/C14H22NO5P/c1-3-19-21(18,20-4-2)9-8-14(17)15-13-7-5-6-12(10-13)11-16/h5-7,10,16H,3-4,8-9,11H2,1-2H3,(H,15,17). The molecule has 0 aliphatic heterocycles. The third kappa shape index (κ3) is 6.40. The molecular formula is C14H22NO5P. The lowest BCUT2D eigenvalue weighted by molar-refractivity contribution is -0.115. The van der Waals surface area contributed by atoms with E-state index in [0.29, 0.717) is 11.3 Å². The van der Waals surface area contributed by atoms with Gasteiger partial charge >= 0.3 is 7.60 Å². The van der Waals surface area contributed by atoms with Crippen LogP contribution in [-0.2, 0) is 25.0 Å². The molecule has 0 aromatic heterocycles. The summed E-state index contributed by atoms with van der Waals surface area (Å²) < 4.78 is 22.5. The second-order valence-electron chi connectivity index (χ2n) is 4.33. The van der Waals surface area contributed by atoms with Crippen molar-refractivity contribution in [3.63, 3.8) is 0 Å². The topological polar surface area (TPSA) is 84.9 Å². The highest BCUT2D eigenvalue weighted by Gasteiger charge is 2.24. The molecule has 0 spiro atoms. The first-order valence-electron chi connectivity index (χ1n) is 6.90. The first-order valence-corrected chi connectivity index (χ1v) is 8.63. The summed E-state index contributed by atoms with van der Waals surface area (Å²) in [5, 5.41) is 11.7.